The van der Waals surface area contributed by atoms with Gasteiger partial charge in [-0.25, -0.2) is 4.98 Å². The number of hydrogen-bond acceptors (Lipinski definition) is 6. The SMILES string of the molecule is Cc1noc2ncnc(N3CCC([C@H](O)Cc4ccccc4)CC3)c12. The predicted octanol–water partition coefficient (Wildman–Crippen LogP) is 2.75. The van der Waals surface area contributed by atoms with Crippen LogP contribution >= 0.6 is 0 Å². The second-order valence-electron chi connectivity index (χ2n) is 6.73. The first-order valence-corrected chi connectivity index (χ1v) is 8.76. The van der Waals surface area contributed by atoms with Gasteiger partial charge in [-0.3, -0.25) is 0 Å². The summed E-state index contributed by atoms with van der Waals surface area (Å²) < 4.78 is 5.24. The number of benzene rings is 1. The zero-order valence-electron chi connectivity index (χ0n) is 14.3. The summed E-state index contributed by atoms with van der Waals surface area (Å²) in [6, 6.07) is 10.2. The third-order valence-electron chi connectivity index (χ3n) is 5.09. The van der Waals surface area contributed by atoms with Crippen molar-refractivity contribution in [3.05, 3.63) is 47.9 Å². The number of hydrogen-bond donors (Lipinski definition) is 1. The molecule has 1 fully saturated rings. The maximum atomic E-state index is 10.6. The van der Waals surface area contributed by atoms with Crippen molar-refractivity contribution in [3.63, 3.8) is 0 Å². The third kappa shape index (κ3) is 3.22. The van der Waals surface area contributed by atoms with Crippen LogP contribution in [0.4, 0.5) is 5.82 Å². The van der Waals surface area contributed by atoms with E-state index in [4.69, 9.17) is 4.52 Å². The molecule has 1 aromatic carbocycles. The van der Waals surface area contributed by atoms with Crippen LogP contribution in [-0.4, -0.2) is 39.4 Å². The van der Waals surface area contributed by atoms with E-state index >= 15 is 0 Å². The highest BCUT2D eigenvalue weighted by atomic mass is 16.5. The zero-order chi connectivity index (χ0) is 17.2. The van der Waals surface area contributed by atoms with Crippen LogP contribution in [0.5, 0.6) is 0 Å². The van der Waals surface area contributed by atoms with E-state index in [2.05, 4.69) is 32.2 Å². The number of piperidine rings is 1. The predicted molar refractivity (Wildman–Crippen MR) is 95.4 cm³/mol. The minimum absolute atomic E-state index is 0.299. The Hall–Kier alpha value is -2.47. The molecule has 1 atom stereocenters. The van der Waals surface area contributed by atoms with E-state index in [-0.39, 0.29) is 6.10 Å². The molecule has 25 heavy (non-hydrogen) atoms. The molecule has 3 heterocycles. The number of anilines is 1. The molecule has 4 rings (SSSR count). The van der Waals surface area contributed by atoms with Crippen LogP contribution in [0.3, 0.4) is 0 Å². The van der Waals surface area contributed by atoms with Crippen LogP contribution in [0.25, 0.3) is 11.1 Å². The van der Waals surface area contributed by atoms with Crippen molar-refractivity contribution in [3.8, 4) is 0 Å². The van der Waals surface area contributed by atoms with Crippen LogP contribution in [0, 0.1) is 12.8 Å². The van der Waals surface area contributed by atoms with Gasteiger partial charge in [0.2, 0.25) is 0 Å². The Morgan fingerprint density at radius 3 is 2.72 bits per heavy atom. The largest absolute Gasteiger partial charge is 0.392 e. The molecule has 1 N–H and O–H groups in total. The number of aliphatic hydroxyl groups excluding tert-OH is 1. The summed E-state index contributed by atoms with van der Waals surface area (Å²) in [5.74, 6) is 1.21. The normalized spacial score (nSPS) is 17.1. The number of aliphatic hydroxyl groups is 1. The van der Waals surface area contributed by atoms with Crippen LogP contribution < -0.4 is 4.90 Å². The lowest BCUT2D eigenvalue weighted by Crippen LogP contribution is -2.39. The average molecular weight is 338 g/mol. The quantitative estimate of drug-likeness (QED) is 0.788. The summed E-state index contributed by atoms with van der Waals surface area (Å²) >= 11 is 0. The molecule has 1 aliphatic rings. The molecule has 0 aliphatic carbocycles. The monoisotopic (exact) mass is 338 g/mol. The highest BCUT2D eigenvalue weighted by Gasteiger charge is 2.27. The Morgan fingerprint density at radius 2 is 1.96 bits per heavy atom. The lowest BCUT2D eigenvalue weighted by Gasteiger charge is -2.35. The maximum absolute atomic E-state index is 10.6. The molecule has 0 spiro atoms. The molecule has 6 heteroatoms. The van der Waals surface area contributed by atoms with E-state index in [1.54, 1.807) is 0 Å². The number of nitrogens with zero attached hydrogens (tertiary/aromatic N) is 4. The number of rotatable bonds is 4. The van der Waals surface area contributed by atoms with E-state index in [1.165, 1.54) is 11.9 Å². The zero-order valence-corrected chi connectivity index (χ0v) is 14.3. The molecule has 0 radical (unpaired) electrons. The first kappa shape index (κ1) is 16.0. The smallest absolute Gasteiger partial charge is 0.263 e. The highest BCUT2D eigenvalue weighted by Crippen LogP contribution is 2.30. The number of fused-ring (bicyclic) bond motifs is 1. The van der Waals surface area contributed by atoms with Crippen molar-refractivity contribution < 1.29 is 9.63 Å². The minimum atomic E-state index is -0.299. The Kier molecular flexibility index (Phi) is 4.36. The van der Waals surface area contributed by atoms with Crippen molar-refractivity contribution in [2.75, 3.05) is 18.0 Å². The van der Waals surface area contributed by atoms with Gasteiger partial charge in [0.25, 0.3) is 5.71 Å². The van der Waals surface area contributed by atoms with E-state index in [1.807, 2.05) is 25.1 Å². The number of aryl methyl sites for hydroxylation is 1. The fraction of sp³-hybridized carbons (Fsp3) is 0.421. The Balaban J connectivity index is 1.43. The van der Waals surface area contributed by atoms with Gasteiger partial charge < -0.3 is 14.5 Å². The van der Waals surface area contributed by atoms with Gasteiger partial charge in [-0.05, 0) is 37.7 Å². The van der Waals surface area contributed by atoms with Crippen molar-refractivity contribution in [1.29, 1.82) is 0 Å². The average Bonchev–Trinajstić information content (AvgIpc) is 3.04. The summed E-state index contributed by atoms with van der Waals surface area (Å²) in [6.07, 6.45) is 3.84. The van der Waals surface area contributed by atoms with E-state index in [0.717, 1.165) is 42.8 Å². The van der Waals surface area contributed by atoms with Gasteiger partial charge in [-0.2, -0.15) is 4.98 Å². The van der Waals surface area contributed by atoms with Crippen LogP contribution in [-0.2, 0) is 6.42 Å². The first-order chi connectivity index (χ1) is 12.2. The topological polar surface area (TPSA) is 75.3 Å². The molecule has 1 saturated heterocycles. The maximum Gasteiger partial charge on any atom is 0.263 e. The lowest BCUT2D eigenvalue weighted by molar-refractivity contribution is 0.0929. The molecule has 1 aliphatic heterocycles. The van der Waals surface area contributed by atoms with Crippen molar-refractivity contribution >= 4 is 16.9 Å². The summed E-state index contributed by atoms with van der Waals surface area (Å²) in [5, 5.41) is 15.5. The molecular weight excluding hydrogens is 316 g/mol. The van der Waals surface area contributed by atoms with Gasteiger partial charge in [-0.15, -0.1) is 0 Å². The van der Waals surface area contributed by atoms with Crippen LogP contribution in [0.2, 0.25) is 0 Å². The molecule has 0 unspecified atom stereocenters. The highest BCUT2D eigenvalue weighted by molar-refractivity contribution is 5.87. The van der Waals surface area contributed by atoms with Gasteiger partial charge in [0.15, 0.2) is 0 Å². The minimum Gasteiger partial charge on any atom is -0.392 e. The molecule has 6 nitrogen and oxygen atoms in total. The van der Waals surface area contributed by atoms with Crippen LogP contribution in [0.15, 0.2) is 41.2 Å². The van der Waals surface area contributed by atoms with Gasteiger partial charge in [0.05, 0.1) is 11.8 Å². The number of aromatic nitrogens is 3. The molecule has 130 valence electrons. The molecular formula is C19H22N4O2. The van der Waals surface area contributed by atoms with Crippen molar-refractivity contribution in [2.24, 2.45) is 5.92 Å². The Bertz CT molecular complexity index is 841. The standard InChI is InChI=1S/C19H22N4O2/c1-13-17-18(20-12-21-19(17)25-22-13)23-9-7-15(8-10-23)16(24)11-14-5-3-2-4-6-14/h2-6,12,15-16,24H,7-11H2,1H3/t16-/m1/s1. The third-order valence-corrected chi connectivity index (χ3v) is 5.09. The van der Waals surface area contributed by atoms with Crippen molar-refractivity contribution in [1.82, 2.24) is 15.1 Å². The molecule has 0 amide bonds. The second-order valence-corrected chi connectivity index (χ2v) is 6.73. The summed E-state index contributed by atoms with van der Waals surface area (Å²) in [5.41, 5.74) is 2.54. The van der Waals surface area contributed by atoms with E-state index in [0.29, 0.717) is 18.1 Å². The van der Waals surface area contributed by atoms with Crippen molar-refractivity contribution in [2.45, 2.75) is 32.3 Å². The molecule has 0 saturated carbocycles. The summed E-state index contributed by atoms with van der Waals surface area (Å²) in [6.45, 7) is 3.65. The first-order valence-electron chi connectivity index (χ1n) is 8.76. The Morgan fingerprint density at radius 1 is 1.20 bits per heavy atom. The fourth-order valence-corrected chi connectivity index (χ4v) is 3.66. The summed E-state index contributed by atoms with van der Waals surface area (Å²) in [7, 11) is 0. The van der Waals surface area contributed by atoms with Gasteiger partial charge in [0, 0.05) is 13.1 Å². The molecule has 2 aromatic heterocycles. The van der Waals surface area contributed by atoms with Gasteiger partial charge in [-0.1, -0.05) is 35.5 Å². The van der Waals surface area contributed by atoms with E-state index < -0.39 is 0 Å². The second kappa shape index (κ2) is 6.80. The van der Waals surface area contributed by atoms with Gasteiger partial charge >= 0.3 is 0 Å². The lowest BCUT2D eigenvalue weighted by atomic mass is 9.88. The van der Waals surface area contributed by atoms with E-state index in [9.17, 15) is 5.11 Å². The molecule has 0 bridgehead atoms. The fourth-order valence-electron chi connectivity index (χ4n) is 3.66. The molecule has 3 aromatic rings. The van der Waals surface area contributed by atoms with Gasteiger partial charge in [0.1, 0.15) is 17.5 Å². The summed E-state index contributed by atoms with van der Waals surface area (Å²) in [4.78, 5) is 10.8. The Labute approximate surface area is 146 Å². The van der Waals surface area contributed by atoms with Crippen LogP contribution in [0.1, 0.15) is 24.1 Å².